The number of cyclic esters (lactones) is 1. The Kier molecular flexibility index (Phi) is 4.87. The van der Waals surface area contributed by atoms with Crippen molar-refractivity contribution >= 4 is 29.4 Å². The first kappa shape index (κ1) is 19.2. The molecule has 0 saturated carbocycles. The highest BCUT2D eigenvalue weighted by Gasteiger charge is 2.41. The molecule has 10 heteroatoms. The van der Waals surface area contributed by atoms with Crippen molar-refractivity contribution in [1.29, 1.82) is 0 Å². The van der Waals surface area contributed by atoms with E-state index in [1.165, 1.54) is 33.1 Å². The van der Waals surface area contributed by atoms with Crippen LogP contribution in [0.1, 0.15) is 17.0 Å². The van der Waals surface area contributed by atoms with Crippen LogP contribution >= 0.6 is 11.8 Å². The van der Waals surface area contributed by atoms with Gasteiger partial charge in [0.1, 0.15) is 18.2 Å². The number of hydrogen-bond donors (Lipinski definition) is 2. The zero-order chi connectivity index (χ0) is 20.7. The van der Waals surface area contributed by atoms with Crippen molar-refractivity contribution in [2.24, 2.45) is 0 Å². The summed E-state index contributed by atoms with van der Waals surface area (Å²) in [4.78, 5) is 21.5. The molecule has 1 unspecified atom stereocenters. The summed E-state index contributed by atoms with van der Waals surface area (Å²) in [5.41, 5.74) is 8.76. The molecule has 0 amide bonds. The fourth-order valence-electron chi connectivity index (χ4n) is 3.64. The lowest BCUT2D eigenvalue weighted by atomic mass is 9.82. The Labute approximate surface area is 171 Å². The van der Waals surface area contributed by atoms with Crippen LogP contribution in [-0.2, 0) is 9.53 Å². The van der Waals surface area contributed by atoms with Gasteiger partial charge in [0.25, 0.3) is 0 Å². The Morgan fingerprint density at radius 3 is 2.45 bits per heavy atom. The van der Waals surface area contributed by atoms with E-state index >= 15 is 0 Å². The minimum Gasteiger partial charge on any atom is -0.493 e. The van der Waals surface area contributed by atoms with Gasteiger partial charge in [-0.3, -0.25) is 0 Å². The van der Waals surface area contributed by atoms with Gasteiger partial charge in [-0.15, -0.1) is 0 Å². The zero-order valence-corrected chi connectivity index (χ0v) is 17.2. The van der Waals surface area contributed by atoms with E-state index in [9.17, 15) is 4.79 Å². The number of nitrogens with one attached hydrogen (secondary N) is 1. The Hall–Kier alpha value is -3.14. The van der Waals surface area contributed by atoms with Gasteiger partial charge < -0.3 is 30.0 Å². The normalized spacial score (nSPS) is 17.2. The summed E-state index contributed by atoms with van der Waals surface area (Å²) in [6.45, 7) is 0.146. The molecule has 0 fully saturated rings. The minimum atomic E-state index is -0.541. The summed E-state index contributed by atoms with van der Waals surface area (Å²) in [5.74, 6) is 1.28. The highest BCUT2D eigenvalue weighted by molar-refractivity contribution is 7.98. The molecular weight excluding hydrogens is 396 g/mol. The number of esters is 1. The number of carbonyl (C=O) groups is 1. The zero-order valence-electron chi connectivity index (χ0n) is 16.4. The number of nitrogens with two attached hydrogens (primary N) is 1. The Balaban J connectivity index is 1.98. The van der Waals surface area contributed by atoms with E-state index in [1.807, 2.05) is 6.26 Å². The summed E-state index contributed by atoms with van der Waals surface area (Å²) >= 11 is 1.38. The number of ether oxygens (including phenoxy) is 4. The van der Waals surface area contributed by atoms with Crippen LogP contribution < -0.4 is 25.3 Å². The monoisotopic (exact) mass is 416 g/mol. The summed E-state index contributed by atoms with van der Waals surface area (Å²) in [6, 6.07) is 3.58. The molecule has 3 N–H and O–H groups in total. The van der Waals surface area contributed by atoms with E-state index < -0.39 is 11.9 Å². The highest BCUT2D eigenvalue weighted by atomic mass is 32.2. The molecule has 1 atom stereocenters. The maximum atomic E-state index is 12.6. The van der Waals surface area contributed by atoms with Gasteiger partial charge in [0.2, 0.25) is 5.75 Å². The van der Waals surface area contributed by atoms with Crippen molar-refractivity contribution in [3.8, 4) is 17.2 Å². The second-order valence-electron chi connectivity index (χ2n) is 6.34. The van der Waals surface area contributed by atoms with E-state index in [1.54, 1.807) is 12.1 Å². The van der Waals surface area contributed by atoms with Crippen LogP contribution in [-0.4, -0.2) is 50.1 Å². The summed E-state index contributed by atoms with van der Waals surface area (Å²) in [7, 11) is 4.60. The third-order valence-electron chi connectivity index (χ3n) is 4.90. The molecule has 2 aliphatic heterocycles. The standard InChI is InChI=1S/C19H20N4O5S/c1-25-10-5-8(6-11(26-2)15(10)27-3)12-13-9(7-28-18(13)24)21-17-14(12)16(20)22-19(23-17)29-4/h5-6,12H,7H2,1-4H3,(H3,20,21,22,23). The van der Waals surface area contributed by atoms with Crippen molar-refractivity contribution in [3.63, 3.8) is 0 Å². The van der Waals surface area contributed by atoms with Crippen molar-refractivity contribution in [3.05, 3.63) is 34.5 Å². The average Bonchev–Trinajstić information content (AvgIpc) is 3.11. The van der Waals surface area contributed by atoms with E-state index in [0.29, 0.717) is 45.1 Å². The van der Waals surface area contributed by atoms with Gasteiger partial charge in [-0.25, -0.2) is 14.8 Å². The van der Waals surface area contributed by atoms with E-state index in [4.69, 9.17) is 24.7 Å². The fourth-order valence-corrected chi connectivity index (χ4v) is 4.01. The predicted molar refractivity (Wildman–Crippen MR) is 108 cm³/mol. The molecule has 0 spiro atoms. The number of anilines is 2. The number of fused-ring (bicyclic) bond motifs is 1. The molecule has 2 aromatic rings. The third kappa shape index (κ3) is 3.00. The van der Waals surface area contributed by atoms with Crippen LogP contribution in [0, 0.1) is 0 Å². The van der Waals surface area contributed by atoms with Crippen LogP contribution in [0.15, 0.2) is 28.6 Å². The van der Waals surface area contributed by atoms with Gasteiger partial charge in [-0.2, -0.15) is 0 Å². The summed E-state index contributed by atoms with van der Waals surface area (Å²) in [5, 5.41) is 3.72. The van der Waals surface area contributed by atoms with E-state index in [0.717, 1.165) is 5.56 Å². The lowest BCUT2D eigenvalue weighted by molar-refractivity contribution is -0.136. The van der Waals surface area contributed by atoms with Crippen molar-refractivity contribution in [1.82, 2.24) is 9.97 Å². The Bertz CT molecular complexity index is 1010. The molecule has 1 aromatic heterocycles. The van der Waals surface area contributed by atoms with E-state index in [-0.39, 0.29) is 12.4 Å². The molecule has 0 aliphatic carbocycles. The molecule has 4 rings (SSSR count). The number of methoxy groups -OCH3 is 3. The van der Waals surface area contributed by atoms with Gasteiger partial charge in [0.15, 0.2) is 16.7 Å². The molecular formula is C19H20N4O5S. The molecule has 9 nitrogen and oxygen atoms in total. The first-order valence-electron chi connectivity index (χ1n) is 8.70. The third-order valence-corrected chi connectivity index (χ3v) is 5.44. The molecule has 0 bridgehead atoms. The van der Waals surface area contributed by atoms with Crippen molar-refractivity contribution in [2.45, 2.75) is 11.1 Å². The molecule has 1 aromatic carbocycles. The number of benzene rings is 1. The van der Waals surface area contributed by atoms with Gasteiger partial charge in [-0.1, -0.05) is 11.8 Å². The second-order valence-corrected chi connectivity index (χ2v) is 7.12. The number of aromatic nitrogens is 2. The largest absolute Gasteiger partial charge is 0.493 e. The minimum absolute atomic E-state index is 0.146. The van der Waals surface area contributed by atoms with Crippen molar-refractivity contribution < 1.29 is 23.7 Å². The fraction of sp³-hybridized carbons (Fsp3) is 0.316. The van der Waals surface area contributed by atoms with Crippen LogP contribution in [0.3, 0.4) is 0 Å². The topological polar surface area (TPSA) is 118 Å². The van der Waals surface area contributed by atoms with Crippen LogP contribution in [0.4, 0.5) is 11.6 Å². The highest BCUT2D eigenvalue weighted by Crippen LogP contribution is 2.49. The van der Waals surface area contributed by atoms with Gasteiger partial charge >= 0.3 is 5.97 Å². The lowest BCUT2D eigenvalue weighted by Gasteiger charge is -2.28. The second kappa shape index (κ2) is 7.36. The Morgan fingerprint density at radius 2 is 1.86 bits per heavy atom. The average molecular weight is 416 g/mol. The SMILES string of the molecule is COc1cc(C2C3=C(COC3=O)Nc3nc(SC)nc(N)c32)cc(OC)c1OC. The predicted octanol–water partition coefficient (Wildman–Crippen LogP) is 2.17. The van der Waals surface area contributed by atoms with Crippen molar-refractivity contribution in [2.75, 3.05) is 45.2 Å². The number of hydrogen-bond acceptors (Lipinski definition) is 10. The number of nitrogen functional groups attached to an aromatic ring is 1. The van der Waals surface area contributed by atoms with Crippen LogP contribution in [0.5, 0.6) is 17.2 Å². The maximum absolute atomic E-state index is 12.6. The van der Waals surface area contributed by atoms with Crippen LogP contribution in [0.25, 0.3) is 0 Å². The molecule has 152 valence electrons. The van der Waals surface area contributed by atoms with Gasteiger partial charge in [0.05, 0.1) is 38.5 Å². The molecule has 0 saturated heterocycles. The number of nitrogens with zero attached hydrogens (tertiary/aromatic N) is 2. The number of carbonyl (C=O) groups excluding carboxylic acids is 1. The first-order valence-corrected chi connectivity index (χ1v) is 9.93. The quantitative estimate of drug-likeness (QED) is 0.426. The summed E-state index contributed by atoms with van der Waals surface area (Å²) in [6.07, 6.45) is 1.87. The molecule has 0 radical (unpaired) electrons. The summed E-state index contributed by atoms with van der Waals surface area (Å²) < 4.78 is 21.7. The number of rotatable bonds is 5. The van der Waals surface area contributed by atoms with E-state index in [2.05, 4.69) is 15.3 Å². The molecule has 29 heavy (non-hydrogen) atoms. The first-order chi connectivity index (χ1) is 14.0. The lowest BCUT2D eigenvalue weighted by Crippen LogP contribution is -2.23. The van der Waals surface area contributed by atoms with Gasteiger partial charge in [0, 0.05) is 5.56 Å². The van der Waals surface area contributed by atoms with Crippen LogP contribution in [0.2, 0.25) is 0 Å². The maximum Gasteiger partial charge on any atom is 0.337 e. The van der Waals surface area contributed by atoms with Gasteiger partial charge in [-0.05, 0) is 24.0 Å². The molecule has 3 heterocycles. The molecule has 2 aliphatic rings. The number of thioether (sulfide) groups is 1. The Morgan fingerprint density at radius 1 is 1.17 bits per heavy atom. The smallest absolute Gasteiger partial charge is 0.337 e.